The average Bonchev–Trinajstić information content (AvgIpc) is 2.24. The Labute approximate surface area is 97.0 Å². The molecule has 1 nitrogen and oxygen atoms in total. The fourth-order valence-electron chi connectivity index (χ4n) is 1.09. The summed E-state index contributed by atoms with van der Waals surface area (Å²) < 4.78 is 42.2. The number of benzene rings is 1. The molecule has 0 heterocycles. The zero-order valence-corrected chi connectivity index (χ0v) is 9.32. The van der Waals surface area contributed by atoms with Crippen LogP contribution in [0, 0.1) is 11.8 Å². The summed E-state index contributed by atoms with van der Waals surface area (Å²) in [5, 5.41) is 0. The first-order valence-corrected chi connectivity index (χ1v) is 4.96. The number of methoxy groups -OCH3 is 1. The van der Waals surface area contributed by atoms with E-state index in [1.807, 2.05) is 0 Å². The van der Waals surface area contributed by atoms with Crippen LogP contribution in [-0.4, -0.2) is 12.9 Å². The summed E-state index contributed by atoms with van der Waals surface area (Å²) in [5.41, 5.74) is -0.504. The van der Waals surface area contributed by atoms with E-state index in [0.29, 0.717) is 5.75 Å². The Kier molecular flexibility index (Phi) is 4.13. The lowest BCUT2D eigenvalue weighted by atomic mass is 10.1. The normalized spacial score (nSPS) is 10.6. The highest BCUT2D eigenvalue weighted by molar-refractivity contribution is 7.80. The van der Waals surface area contributed by atoms with Crippen molar-refractivity contribution >= 4 is 12.6 Å². The van der Waals surface area contributed by atoms with Crippen molar-refractivity contribution in [3.05, 3.63) is 29.3 Å². The van der Waals surface area contributed by atoms with Gasteiger partial charge in [0.2, 0.25) is 0 Å². The van der Waals surface area contributed by atoms with E-state index in [2.05, 4.69) is 24.5 Å². The van der Waals surface area contributed by atoms with Crippen LogP contribution < -0.4 is 4.74 Å². The fraction of sp³-hybridized carbons (Fsp3) is 0.273. The Hall–Kier alpha value is -1.28. The molecule has 0 aliphatic rings. The number of hydrogen-bond donors (Lipinski definition) is 1. The van der Waals surface area contributed by atoms with Crippen molar-refractivity contribution in [3.8, 4) is 17.6 Å². The summed E-state index contributed by atoms with van der Waals surface area (Å²) >= 11 is 3.86. The summed E-state index contributed by atoms with van der Waals surface area (Å²) in [6.07, 6.45) is -4.40. The molecule has 0 aliphatic heterocycles. The Morgan fingerprint density at radius 2 is 2.00 bits per heavy atom. The van der Waals surface area contributed by atoms with Crippen LogP contribution in [0.3, 0.4) is 0 Å². The standard InChI is InChI=1S/C11H9F3OS/c1-15-10-6-8(3-2-4-16)5-9(7-10)11(12,13)14/h5-7,16H,4H2,1H3. The van der Waals surface area contributed by atoms with Crippen LogP contribution in [-0.2, 0) is 6.18 Å². The maximum absolute atomic E-state index is 12.5. The van der Waals surface area contributed by atoms with E-state index in [9.17, 15) is 13.2 Å². The molecule has 0 saturated heterocycles. The van der Waals surface area contributed by atoms with Gasteiger partial charge < -0.3 is 4.74 Å². The van der Waals surface area contributed by atoms with Gasteiger partial charge in [-0.05, 0) is 18.2 Å². The molecule has 0 bridgehead atoms. The quantitative estimate of drug-likeness (QED) is 0.592. The van der Waals surface area contributed by atoms with Gasteiger partial charge in [0.25, 0.3) is 0 Å². The molecule has 16 heavy (non-hydrogen) atoms. The molecule has 0 N–H and O–H groups in total. The molecule has 1 aromatic carbocycles. The monoisotopic (exact) mass is 246 g/mol. The molecule has 1 rings (SSSR count). The molecule has 0 aromatic heterocycles. The van der Waals surface area contributed by atoms with E-state index in [0.717, 1.165) is 12.1 Å². The molecule has 0 spiro atoms. The Balaban J connectivity index is 3.21. The fourth-order valence-corrected chi connectivity index (χ4v) is 1.17. The Morgan fingerprint density at radius 3 is 2.50 bits per heavy atom. The van der Waals surface area contributed by atoms with Crippen LogP contribution in [0.25, 0.3) is 0 Å². The molecule has 0 fully saturated rings. The minimum Gasteiger partial charge on any atom is -0.497 e. The molecule has 0 saturated carbocycles. The van der Waals surface area contributed by atoms with Gasteiger partial charge >= 0.3 is 6.18 Å². The highest BCUT2D eigenvalue weighted by Gasteiger charge is 2.31. The maximum Gasteiger partial charge on any atom is 0.416 e. The molecule has 86 valence electrons. The highest BCUT2D eigenvalue weighted by Crippen LogP contribution is 2.32. The van der Waals surface area contributed by atoms with Crippen LogP contribution in [0.15, 0.2) is 18.2 Å². The second-order valence-electron chi connectivity index (χ2n) is 2.91. The van der Waals surface area contributed by atoms with Gasteiger partial charge in [-0.15, -0.1) is 0 Å². The van der Waals surface area contributed by atoms with Crippen molar-refractivity contribution in [1.82, 2.24) is 0 Å². The van der Waals surface area contributed by atoms with Crippen molar-refractivity contribution < 1.29 is 17.9 Å². The van der Waals surface area contributed by atoms with Crippen molar-refractivity contribution in [1.29, 1.82) is 0 Å². The van der Waals surface area contributed by atoms with Gasteiger partial charge in [-0.2, -0.15) is 25.8 Å². The number of rotatable bonds is 1. The summed E-state index contributed by atoms with van der Waals surface area (Å²) in [6, 6.07) is 3.37. The van der Waals surface area contributed by atoms with Crippen molar-refractivity contribution in [2.24, 2.45) is 0 Å². The number of thiol groups is 1. The zero-order chi connectivity index (χ0) is 12.2. The minimum absolute atomic E-state index is 0.137. The van der Waals surface area contributed by atoms with Gasteiger partial charge in [-0.3, -0.25) is 0 Å². The van der Waals surface area contributed by atoms with Crippen LogP contribution >= 0.6 is 12.6 Å². The Morgan fingerprint density at radius 1 is 1.31 bits per heavy atom. The maximum atomic E-state index is 12.5. The number of alkyl halides is 3. The van der Waals surface area contributed by atoms with E-state index in [1.54, 1.807) is 0 Å². The summed E-state index contributed by atoms with van der Waals surface area (Å²) in [7, 11) is 1.31. The SMILES string of the molecule is COc1cc(C#CCS)cc(C(F)(F)F)c1. The smallest absolute Gasteiger partial charge is 0.416 e. The summed E-state index contributed by atoms with van der Waals surface area (Å²) in [6.45, 7) is 0. The van der Waals surface area contributed by atoms with Gasteiger partial charge in [0.05, 0.1) is 18.4 Å². The highest BCUT2D eigenvalue weighted by atomic mass is 32.1. The molecular formula is C11H9F3OS. The van der Waals surface area contributed by atoms with Gasteiger partial charge in [-0.25, -0.2) is 0 Å². The van der Waals surface area contributed by atoms with Crippen LogP contribution in [0.2, 0.25) is 0 Å². The molecule has 1 aromatic rings. The van der Waals surface area contributed by atoms with Gasteiger partial charge in [-0.1, -0.05) is 11.8 Å². The second kappa shape index (κ2) is 5.17. The van der Waals surface area contributed by atoms with E-state index in [-0.39, 0.29) is 11.3 Å². The van der Waals surface area contributed by atoms with E-state index in [1.165, 1.54) is 13.2 Å². The van der Waals surface area contributed by atoms with Crippen molar-refractivity contribution in [3.63, 3.8) is 0 Å². The molecular weight excluding hydrogens is 237 g/mol. The third kappa shape index (κ3) is 3.38. The Bertz CT molecular complexity index is 429. The molecule has 0 amide bonds. The second-order valence-corrected chi connectivity index (χ2v) is 3.22. The molecule has 0 unspecified atom stereocenters. The summed E-state index contributed by atoms with van der Waals surface area (Å²) in [4.78, 5) is 0. The van der Waals surface area contributed by atoms with Crippen LogP contribution in [0.5, 0.6) is 5.75 Å². The molecule has 0 radical (unpaired) electrons. The predicted octanol–water partition coefficient (Wildman–Crippen LogP) is 3.00. The number of halogens is 3. The third-order valence-corrected chi connectivity index (χ3v) is 1.94. The third-order valence-electron chi connectivity index (χ3n) is 1.78. The lowest BCUT2D eigenvalue weighted by Crippen LogP contribution is -2.05. The summed E-state index contributed by atoms with van der Waals surface area (Å²) in [5.74, 6) is 5.59. The predicted molar refractivity (Wildman–Crippen MR) is 58.7 cm³/mol. The first-order valence-electron chi connectivity index (χ1n) is 4.33. The van der Waals surface area contributed by atoms with Crippen molar-refractivity contribution in [2.45, 2.75) is 6.18 Å². The topological polar surface area (TPSA) is 9.23 Å². The molecule has 5 heteroatoms. The van der Waals surface area contributed by atoms with E-state index >= 15 is 0 Å². The molecule has 0 atom stereocenters. The van der Waals surface area contributed by atoms with Crippen molar-refractivity contribution in [2.75, 3.05) is 12.9 Å². The first-order chi connectivity index (χ1) is 7.47. The largest absolute Gasteiger partial charge is 0.497 e. The van der Waals surface area contributed by atoms with Gasteiger partial charge in [0.1, 0.15) is 5.75 Å². The minimum atomic E-state index is -4.40. The first kappa shape index (κ1) is 12.8. The van der Waals surface area contributed by atoms with Gasteiger partial charge in [0, 0.05) is 5.56 Å². The number of hydrogen-bond acceptors (Lipinski definition) is 2. The van der Waals surface area contributed by atoms with E-state index < -0.39 is 11.7 Å². The van der Waals surface area contributed by atoms with Crippen LogP contribution in [0.1, 0.15) is 11.1 Å². The number of ether oxygens (including phenoxy) is 1. The average molecular weight is 246 g/mol. The van der Waals surface area contributed by atoms with E-state index in [4.69, 9.17) is 4.74 Å². The zero-order valence-electron chi connectivity index (χ0n) is 8.43. The van der Waals surface area contributed by atoms with Gasteiger partial charge in [0.15, 0.2) is 0 Å². The lowest BCUT2D eigenvalue weighted by Gasteiger charge is -2.09. The van der Waals surface area contributed by atoms with Crippen LogP contribution in [0.4, 0.5) is 13.2 Å². The molecule has 0 aliphatic carbocycles. The lowest BCUT2D eigenvalue weighted by molar-refractivity contribution is -0.137.